The maximum Gasteiger partial charge on any atom is 0.306 e. The van der Waals surface area contributed by atoms with Crippen LogP contribution in [0.5, 0.6) is 5.75 Å². The van der Waals surface area contributed by atoms with Gasteiger partial charge in [0.25, 0.3) is 0 Å². The first-order valence-corrected chi connectivity index (χ1v) is 12.4. The molecule has 3 aromatic carbocycles. The number of hydrogen-bond acceptors (Lipinski definition) is 4. The topological polar surface area (TPSA) is 38.8 Å². The normalized spacial score (nSPS) is 16.6. The highest BCUT2D eigenvalue weighted by Gasteiger charge is 2.28. The summed E-state index contributed by atoms with van der Waals surface area (Å²) in [5, 5.41) is 0. The van der Waals surface area contributed by atoms with Gasteiger partial charge in [-0.15, -0.1) is 0 Å². The number of nitrogens with zero attached hydrogens (tertiary/aromatic N) is 1. The predicted octanol–water partition coefficient (Wildman–Crippen LogP) is 6.32. The number of hydrogen-bond donors (Lipinski definition) is 0. The summed E-state index contributed by atoms with van der Waals surface area (Å²) >= 11 is 0. The summed E-state index contributed by atoms with van der Waals surface area (Å²) in [6.45, 7) is 5.34. The van der Waals surface area contributed by atoms with Gasteiger partial charge in [0, 0.05) is 24.7 Å². The van der Waals surface area contributed by atoms with E-state index in [2.05, 4.69) is 60.4 Å². The lowest BCUT2D eigenvalue weighted by Gasteiger charge is -2.41. The van der Waals surface area contributed by atoms with E-state index < -0.39 is 0 Å². The SMILES string of the molecule is C[C@H](CC(=O)OCc1ccccc1)c1ccc(C2CN(c3ccc(OCC4CC4)cc3)C2)cc1. The van der Waals surface area contributed by atoms with Crippen molar-refractivity contribution >= 4 is 11.7 Å². The van der Waals surface area contributed by atoms with Crippen molar-refractivity contribution in [2.75, 3.05) is 24.6 Å². The Morgan fingerprint density at radius 1 is 0.941 bits per heavy atom. The Kier molecular flexibility index (Phi) is 6.84. The van der Waals surface area contributed by atoms with Gasteiger partial charge in [0.05, 0.1) is 13.0 Å². The third-order valence-electron chi connectivity index (χ3n) is 6.96. The van der Waals surface area contributed by atoms with E-state index in [1.807, 2.05) is 30.3 Å². The average molecular weight is 456 g/mol. The molecule has 0 amide bonds. The molecule has 176 valence electrons. The molecule has 5 rings (SSSR count). The molecule has 4 heteroatoms. The van der Waals surface area contributed by atoms with E-state index >= 15 is 0 Å². The van der Waals surface area contributed by atoms with Crippen LogP contribution in [0.3, 0.4) is 0 Å². The van der Waals surface area contributed by atoms with Crippen molar-refractivity contribution in [1.82, 2.24) is 0 Å². The number of ether oxygens (including phenoxy) is 2. The van der Waals surface area contributed by atoms with Gasteiger partial charge in [-0.1, -0.05) is 61.5 Å². The smallest absolute Gasteiger partial charge is 0.306 e. The third-order valence-corrected chi connectivity index (χ3v) is 6.96. The quantitative estimate of drug-likeness (QED) is 0.336. The summed E-state index contributed by atoms with van der Waals surface area (Å²) in [6, 6.07) is 27.1. The van der Waals surface area contributed by atoms with Crippen LogP contribution in [0, 0.1) is 5.92 Å². The lowest BCUT2D eigenvalue weighted by Crippen LogP contribution is -2.45. The number of benzene rings is 3. The number of anilines is 1. The first kappa shape index (κ1) is 22.5. The number of carbonyl (C=O) groups is 1. The molecule has 0 radical (unpaired) electrons. The van der Waals surface area contributed by atoms with E-state index in [9.17, 15) is 4.79 Å². The molecule has 0 spiro atoms. The van der Waals surface area contributed by atoms with Crippen molar-refractivity contribution in [2.24, 2.45) is 5.92 Å². The number of carbonyl (C=O) groups excluding carboxylic acids is 1. The van der Waals surface area contributed by atoms with Crippen LogP contribution >= 0.6 is 0 Å². The van der Waals surface area contributed by atoms with Gasteiger partial charge in [-0.2, -0.15) is 0 Å². The largest absolute Gasteiger partial charge is 0.493 e. The summed E-state index contributed by atoms with van der Waals surface area (Å²) in [7, 11) is 0. The van der Waals surface area contributed by atoms with Gasteiger partial charge in [0.2, 0.25) is 0 Å². The van der Waals surface area contributed by atoms with Crippen molar-refractivity contribution in [3.8, 4) is 5.75 Å². The van der Waals surface area contributed by atoms with Crippen LogP contribution in [0.25, 0.3) is 0 Å². The zero-order chi connectivity index (χ0) is 23.3. The van der Waals surface area contributed by atoms with Crippen LogP contribution in [-0.2, 0) is 16.1 Å². The second kappa shape index (κ2) is 10.3. The molecule has 34 heavy (non-hydrogen) atoms. The molecule has 4 nitrogen and oxygen atoms in total. The van der Waals surface area contributed by atoms with Crippen molar-refractivity contribution in [2.45, 2.75) is 44.6 Å². The van der Waals surface area contributed by atoms with E-state index in [0.29, 0.717) is 18.9 Å². The predicted molar refractivity (Wildman–Crippen MR) is 135 cm³/mol. The minimum Gasteiger partial charge on any atom is -0.493 e. The van der Waals surface area contributed by atoms with Gasteiger partial charge in [0.1, 0.15) is 12.4 Å². The van der Waals surface area contributed by atoms with Gasteiger partial charge >= 0.3 is 5.97 Å². The zero-order valence-electron chi connectivity index (χ0n) is 19.9. The lowest BCUT2D eigenvalue weighted by atomic mass is 9.88. The van der Waals surface area contributed by atoms with Crippen molar-refractivity contribution in [3.05, 3.63) is 95.6 Å². The summed E-state index contributed by atoms with van der Waals surface area (Å²) in [4.78, 5) is 14.7. The molecular weight excluding hydrogens is 422 g/mol. The van der Waals surface area contributed by atoms with Crippen LogP contribution in [0.2, 0.25) is 0 Å². The van der Waals surface area contributed by atoms with Crippen molar-refractivity contribution in [1.29, 1.82) is 0 Å². The molecule has 1 saturated carbocycles. The monoisotopic (exact) mass is 455 g/mol. The van der Waals surface area contributed by atoms with Crippen molar-refractivity contribution in [3.63, 3.8) is 0 Å². The standard InChI is InChI=1S/C30H33NO3/c1-22(17-30(32)34-21-23-5-3-2-4-6-23)25-9-11-26(12-10-25)27-18-31(19-27)28-13-15-29(16-14-28)33-20-24-7-8-24/h2-6,9-16,22,24,27H,7-8,17-21H2,1H3/t22-/m1/s1. The molecule has 1 aliphatic heterocycles. The summed E-state index contributed by atoms with van der Waals surface area (Å²) in [6.07, 6.45) is 3.02. The Bertz CT molecular complexity index is 1070. The van der Waals surface area contributed by atoms with E-state index in [-0.39, 0.29) is 11.9 Å². The van der Waals surface area contributed by atoms with Gasteiger partial charge < -0.3 is 14.4 Å². The van der Waals surface area contributed by atoms with Gasteiger partial charge in [-0.25, -0.2) is 0 Å². The summed E-state index contributed by atoms with van der Waals surface area (Å²) in [5.74, 6) is 2.28. The minimum atomic E-state index is -0.154. The van der Waals surface area contributed by atoms with E-state index in [1.54, 1.807) is 0 Å². The lowest BCUT2D eigenvalue weighted by molar-refractivity contribution is -0.145. The Labute approximate surface area is 202 Å². The molecule has 3 aromatic rings. The van der Waals surface area contributed by atoms with Crippen molar-refractivity contribution < 1.29 is 14.3 Å². The first-order chi connectivity index (χ1) is 16.6. The third kappa shape index (κ3) is 5.80. The van der Waals surface area contributed by atoms with Crippen LogP contribution in [-0.4, -0.2) is 25.7 Å². The van der Waals surface area contributed by atoms with Gasteiger partial charge in [-0.05, 0) is 65.6 Å². The molecule has 0 unspecified atom stereocenters. The second-order valence-electron chi connectivity index (χ2n) is 9.77. The van der Waals surface area contributed by atoms with Crippen LogP contribution in [0.4, 0.5) is 5.69 Å². The molecule has 1 heterocycles. The Hall–Kier alpha value is -3.27. The van der Waals surface area contributed by atoms with E-state index in [4.69, 9.17) is 9.47 Å². The zero-order valence-corrected chi connectivity index (χ0v) is 19.9. The Morgan fingerprint density at radius 2 is 1.65 bits per heavy atom. The Morgan fingerprint density at radius 3 is 2.32 bits per heavy atom. The molecule has 1 atom stereocenters. The maximum absolute atomic E-state index is 12.3. The Balaban J connectivity index is 1.07. The molecule has 1 aliphatic carbocycles. The average Bonchev–Trinajstić information content (AvgIpc) is 3.67. The molecule has 0 N–H and O–H groups in total. The second-order valence-corrected chi connectivity index (χ2v) is 9.77. The molecule has 0 bridgehead atoms. The molecule has 1 saturated heterocycles. The fourth-order valence-corrected chi connectivity index (χ4v) is 4.41. The van der Waals surface area contributed by atoms with E-state index in [1.165, 1.54) is 29.7 Å². The van der Waals surface area contributed by atoms with Gasteiger partial charge in [0.15, 0.2) is 0 Å². The molecule has 2 fully saturated rings. The minimum absolute atomic E-state index is 0.135. The molecular formula is C30H33NO3. The molecule has 2 aliphatic rings. The fraction of sp³-hybridized carbons (Fsp3) is 0.367. The number of esters is 1. The number of rotatable bonds is 10. The van der Waals surface area contributed by atoms with E-state index in [0.717, 1.165) is 36.9 Å². The highest BCUT2D eigenvalue weighted by molar-refractivity contribution is 5.70. The summed E-state index contributed by atoms with van der Waals surface area (Å²) in [5.41, 5.74) is 4.82. The van der Waals surface area contributed by atoms with Crippen LogP contribution < -0.4 is 9.64 Å². The first-order valence-electron chi connectivity index (χ1n) is 12.4. The molecule has 0 aromatic heterocycles. The van der Waals surface area contributed by atoms with Gasteiger partial charge in [-0.3, -0.25) is 4.79 Å². The maximum atomic E-state index is 12.3. The highest BCUT2D eigenvalue weighted by atomic mass is 16.5. The fourth-order valence-electron chi connectivity index (χ4n) is 4.41. The summed E-state index contributed by atoms with van der Waals surface area (Å²) < 4.78 is 11.3. The van der Waals surface area contributed by atoms with Crippen LogP contribution in [0.1, 0.15) is 54.7 Å². The van der Waals surface area contributed by atoms with Crippen LogP contribution in [0.15, 0.2) is 78.9 Å². The highest BCUT2D eigenvalue weighted by Crippen LogP contribution is 2.34.